The topological polar surface area (TPSA) is 29.5 Å². The zero-order chi connectivity index (χ0) is 13.8. The number of hydrogen-bond acceptors (Lipinski definition) is 3. The maximum Gasteiger partial charge on any atom is 0.179 e. The molecular weight excluding hydrogens is 245 g/mol. The van der Waals surface area contributed by atoms with E-state index < -0.39 is 0 Å². The van der Waals surface area contributed by atoms with E-state index in [1.165, 1.54) is 12.1 Å². The molecule has 0 bridgehead atoms. The minimum atomic E-state index is -0.318. The third kappa shape index (κ3) is 3.39. The predicted octanol–water partition coefficient (Wildman–Crippen LogP) is 2.51. The normalized spacial score (nSPS) is 22.2. The summed E-state index contributed by atoms with van der Waals surface area (Å²) in [7, 11) is 0. The number of Topliss-reactive ketones (excluding diaryl/α,β-unsaturated/α-hetero) is 1. The Kier molecular flexibility index (Phi) is 4.66. The number of carbonyl (C=O) groups is 1. The first-order valence-electron chi connectivity index (χ1n) is 6.77. The average Bonchev–Trinajstić information content (AvgIpc) is 2.46. The van der Waals surface area contributed by atoms with Crippen LogP contribution in [0.25, 0.3) is 0 Å². The Hall–Kier alpha value is -1.26. The van der Waals surface area contributed by atoms with Crippen LogP contribution in [0.4, 0.5) is 4.39 Å². The first-order valence-corrected chi connectivity index (χ1v) is 6.77. The smallest absolute Gasteiger partial charge is 0.179 e. The van der Waals surface area contributed by atoms with Gasteiger partial charge in [-0.1, -0.05) is 6.92 Å². The third-order valence-electron chi connectivity index (χ3n) is 3.68. The fraction of sp³-hybridized carbons (Fsp3) is 0.533. The van der Waals surface area contributed by atoms with Gasteiger partial charge in [0.25, 0.3) is 0 Å². The van der Waals surface area contributed by atoms with E-state index in [2.05, 4.69) is 11.8 Å². The number of carbonyl (C=O) groups excluding carboxylic acids is 1. The number of halogens is 1. The van der Waals surface area contributed by atoms with Crippen LogP contribution < -0.4 is 0 Å². The van der Waals surface area contributed by atoms with Crippen LogP contribution in [-0.2, 0) is 4.74 Å². The SMILES string of the molecule is CCC1CN(C(C)C(=O)c2ccc(F)cc2)CCO1. The summed E-state index contributed by atoms with van der Waals surface area (Å²) in [5.74, 6) is -0.279. The molecule has 0 aliphatic carbocycles. The number of ether oxygens (including phenoxy) is 1. The van der Waals surface area contributed by atoms with E-state index >= 15 is 0 Å². The number of ketones is 1. The first-order chi connectivity index (χ1) is 9.11. The van der Waals surface area contributed by atoms with Crippen molar-refractivity contribution in [3.8, 4) is 0 Å². The van der Waals surface area contributed by atoms with Crippen LogP contribution in [-0.4, -0.2) is 42.5 Å². The molecule has 1 aromatic carbocycles. The number of benzene rings is 1. The molecule has 1 aliphatic heterocycles. The second kappa shape index (κ2) is 6.26. The van der Waals surface area contributed by atoms with Crippen LogP contribution >= 0.6 is 0 Å². The molecular formula is C15H20FNO2. The second-order valence-corrected chi connectivity index (χ2v) is 4.94. The molecule has 0 spiro atoms. The standard InChI is InChI=1S/C15H20FNO2/c1-3-14-10-17(8-9-19-14)11(2)15(18)12-4-6-13(16)7-5-12/h4-7,11,14H,3,8-10H2,1-2H3. The van der Waals surface area contributed by atoms with Gasteiger partial charge in [-0.2, -0.15) is 0 Å². The van der Waals surface area contributed by atoms with E-state index in [9.17, 15) is 9.18 Å². The zero-order valence-corrected chi connectivity index (χ0v) is 11.4. The molecule has 0 aromatic heterocycles. The molecule has 2 rings (SSSR count). The Morgan fingerprint density at radius 3 is 2.79 bits per heavy atom. The largest absolute Gasteiger partial charge is 0.376 e. The highest BCUT2D eigenvalue weighted by atomic mass is 19.1. The van der Waals surface area contributed by atoms with Gasteiger partial charge in [-0.25, -0.2) is 4.39 Å². The minimum Gasteiger partial charge on any atom is -0.376 e. The fourth-order valence-corrected chi connectivity index (χ4v) is 2.36. The van der Waals surface area contributed by atoms with Gasteiger partial charge in [0.1, 0.15) is 5.82 Å². The summed E-state index contributed by atoms with van der Waals surface area (Å²) in [5, 5.41) is 0. The lowest BCUT2D eigenvalue weighted by Gasteiger charge is -2.35. The van der Waals surface area contributed by atoms with Gasteiger partial charge in [-0.15, -0.1) is 0 Å². The number of rotatable bonds is 4. The molecule has 1 saturated heterocycles. The lowest BCUT2D eigenvalue weighted by atomic mass is 10.0. The van der Waals surface area contributed by atoms with Crippen LogP contribution in [0.1, 0.15) is 30.6 Å². The summed E-state index contributed by atoms with van der Waals surface area (Å²) < 4.78 is 18.5. The zero-order valence-electron chi connectivity index (χ0n) is 11.4. The number of nitrogens with zero attached hydrogens (tertiary/aromatic N) is 1. The van der Waals surface area contributed by atoms with Crippen LogP contribution in [0.2, 0.25) is 0 Å². The summed E-state index contributed by atoms with van der Waals surface area (Å²) in [5.41, 5.74) is 0.563. The van der Waals surface area contributed by atoms with Crippen LogP contribution in [0.3, 0.4) is 0 Å². The van der Waals surface area contributed by atoms with Crippen molar-refractivity contribution >= 4 is 5.78 Å². The summed E-state index contributed by atoms with van der Waals surface area (Å²) >= 11 is 0. The van der Waals surface area contributed by atoms with Gasteiger partial charge in [0.05, 0.1) is 18.8 Å². The summed E-state index contributed by atoms with van der Waals surface area (Å²) in [6.45, 7) is 6.21. The number of hydrogen-bond donors (Lipinski definition) is 0. The molecule has 2 unspecified atom stereocenters. The van der Waals surface area contributed by atoms with Crippen molar-refractivity contribution in [1.29, 1.82) is 0 Å². The van der Waals surface area contributed by atoms with Crippen molar-refractivity contribution in [2.75, 3.05) is 19.7 Å². The van der Waals surface area contributed by atoms with E-state index in [1.54, 1.807) is 12.1 Å². The van der Waals surface area contributed by atoms with E-state index in [0.29, 0.717) is 12.2 Å². The van der Waals surface area contributed by atoms with Gasteiger partial charge >= 0.3 is 0 Å². The quantitative estimate of drug-likeness (QED) is 0.783. The number of morpholine rings is 1. The molecule has 0 N–H and O–H groups in total. The molecule has 3 nitrogen and oxygen atoms in total. The maximum atomic E-state index is 12.9. The van der Waals surface area contributed by atoms with Gasteiger partial charge in [-0.05, 0) is 37.6 Å². The molecule has 0 amide bonds. The molecule has 1 aliphatic rings. The minimum absolute atomic E-state index is 0.0387. The fourth-order valence-electron chi connectivity index (χ4n) is 2.36. The lowest BCUT2D eigenvalue weighted by molar-refractivity contribution is -0.0382. The molecule has 104 valence electrons. The molecule has 0 saturated carbocycles. The van der Waals surface area contributed by atoms with E-state index in [-0.39, 0.29) is 23.7 Å². The Balaban J connectivity index is 2.04. The molecule has 2 atom stereocenters. The van der Waals surface area contributed by atoms with Crippen molar-refractivity contribution in [2.24, 2.45) is 0 Å². The molecule has 1 fully saturated rings. The van der Waals surface area contributed by atoms with Gasteiger partial charge in [0, 0.05) is 18.7 Å². The van der Waals surface area contributed by atoms with Gasteiger partial charge in [0.15, 0.2) is 5.78 Å². The highest BCUT2D eigenvalue weighted by molar-refractivity contribution is 5.99. The summed E-state index contributed by atoms with van der Waals surface area (Å²) in [6.07, 6.45) is 1.16. The molecule has 1 heterocycles. The van der Waals surface area contributed by atoms with E-state index in [4.69, 9.17) is 4.74 Å². The molecule has 0 radical (unpaired) electrons. The Morgan fingerprint density at radius 2 is 2.16 bits per heavy atom. The highest BCUT2D eigenvalue weighted by Gasteiger charge is 2.27. The maximum absolute atomic E-state index is 12.9. The van der Waals surface area contributed by atoms with Crippen LogP contribution in [0.5, 0.6) is 0 Å². The summed E-state index contributed by atoms with van der Waals surface area (Å²) in [6, 6.07) is 5.56. The Bertz CT molecular complexity index is 432. The van der Waals surface area contributed by atoms with E-state index in [0.717, 1.165) is 19.5 Å². The molecule has 4 heteroatoms. The van der Waals surface area contributed by atoms with Gasteiger partial charge in [-0.3, -0.25) is 9.69 Å². The van der Waals surface area contributed by atoms with Gasteiger partial charge < -0.3 is 4.74 Å². The van der Waals surface area contributed by atoms with Crippen LogP contribution in [0, 0.1) is 5.82 Å². The molecule has 19 heavy (non-hydrogen) atoms. The lowest BCUT2D eigenvalue weighted by Crippen LogP contribution is -2.49. The van der Waals surface area contributed by atoms with Crippen molar-refractivity contribution in [3.63, 3.8) is 0 Å². The average molecular weight is 265 g/mol. The van der Waals surface area contributed by atoms with Crippen molar-refractivity contribution in [3.05, 3.63) is 35.6 Å². The summed E-state index contributed by atoms with van der Waals surface area (Å²) in [4.78, 5) is 14.5. The van der Waals surface area contributed by atoms with Crippen molar-refractivity contribution in [2.45, 2.75) is 32.4 Å². The monoisotopic (exact) mass is 265 g/mol. The second-order valence-electron chi connectivity index (χ2n) is 4.94. The van der Waals surface area contributed by atoms with E-state index in [1.807, 2.05) is 6.92 Å². The predicted molar refractivity (Wildman–Crippen MR) is 71.8 cm³/mol. The Labute approximate surface area is 113 Å². The highest BCUT2D eigenvalue weighted by Crippen LogP contribution is 2.15. The Morgan fingerprint density at radius 1 is 1.47 bits per heavy atom. The van der Waals surface area contributed by atoms with Crippen molar-refractivity contribution in [1.82, 2.24) is 4.90 Å². The molecule has 1 aromatic rings. The van der Waals surface area contributed by atoms with Gasteiger partial charge in [0.2, 0.25) is 0 Å². The van der Waals surface area contributed by atoms with Crippen molar-refractivity contribution < 1.29 is 13.9 Å². The third-order valence-corrected chi connectivity index (χ3v) is 3.68. The first kappa shape index (κ1) is 14.2. The van der Waals surface area contributed by atoms with Crippen LogP contribution in [0.15, 0.2) is 24.3 Å².